The van der Waals surface area contributed by atoms with Crippen LogP contribution in [0.4, 0.5) is 11.5 Å². The molecule has 0 radical (unpaired) electrons. The molecule has 1 unspecified atom stereocenters. The maximum atomic E-state index is 12.6. The first-order valence-electron chi connectivity index (χ1n) is 8.42. The SMILES string of the molecule is Cc1cc(C)cc(NC(=O)c2cc(NC3CCS(=O)(=O)C3)nc(C)n2)c1. The summed E-state index contributed by atoms with van der Waals surface area (Å²) in [6, 6.07) is 7.17. The quantitative estimate of drug-likeness (QED) is 0.851. The number of carbonyl (C=O) groups excluding carboxylic acids is 1. The molecule has 2 N–H and O–H groups in total. The lowest BCUT2D eigenvalue weighted by Crippen LogP contribution is -2.22. The third-order valence-electron chi connectivity index (χ3n) is 4.13. The number of anilines is 2. The van der Waals surface area contributed by atoms with E-state index in [1.807, 2.05) is 32.0 Å². The molecule has 8 heteroatoms. The van der Waals surface area contributed by atoms with Gasteiger partial charge in [0.05, 0.1) is 11.5 Å². The van der Waals surface area contributed by atoms with E-state index in [4.69, 9.17) is 0 Å². The van der Waals surface area contributed by atoms with Crippen molar-refractivity contribution in [2.45, 2.75) is 33.2 Å². The Hall–Kier alpha value is -2.48. The predicted octanol–water partition coefficient (Wildman–Crippen LogP) is 2.25. The maximum Gasteiger partial charge on any atom is 0.274 e. The fourth-order valence-electron chi connectivity index (χ4n) is 3.12. The fraction of sp³-hybridized carbons (Fsp3) is 0.389. The van der Waals surface area contributed by atoms with Crippen molar-refractivity contribution >= 4 is 27.2 Å². The Morgan fingerprint density at radius 2 is 1.77 bits per heavy atom. The van der Waals surface area contributed by atoms with Crippen LogP contribution in [0.2, 0.25) is 0 Å². The van der Waals surface area contributed by atoms with Crippen molar-refractivity contribution in [2.24, 2.45) is 0 Å². The van der Waals surface area contributed by atoms with Crippen molar-refractivity contribution in [1.82, 2.24) is 9.97 Å². The van der Waals surface area contributed by atoms with Crippen molar-refractivity contribution in [3.63, 3.8) is 0 Å². The Kier molecular flexibility index (Phi) is 4.95. The molecule has 2 heterocycles. The van der Waals surface area contributed by atoms with Crippen molar-refractivity contribution in [3.8, 4) is 0 Å². The molecule has 1 atom stereocenters. The van der Waals surface area contributed by atoms with Crippen LogP contribution in [0, 0.1) is 20.8 Å². The van der Waals surface area contributed by atoms with Crippen LogP contribution in [0.3, 0.4) is 0 Å². The van der Waals surface area contributed by atoms with Gasteiger partial charge in [-0.1, -0.05) is 6.07 Å². The summed E-state index contributed by atoms with van der Waals surface area (Å²) in [5.41, 5.74) is 3.06. The van der Waals surface area contributed by atoms with Crippen molar-refractivity contribution < 1.29 is 13.2 Å². The van der Waals surface area contributed by atoms with Gasteiger partial charge in [-0.05, 0) is 50.5 Å². The highest BCUT2D eigenvalue weighted by Gasteiger charge is 2.28. The molecule has 1 aliphatic heterocycles. The van der Waals surface area contributed by atoms with Gasteiger partial charge in [0.25, 0.3) is 5.91 Å². The van der Waals surface area contributed by atoms with Crippen LogP contribution < -0.4 is 10.6 Å². The van der Waals surface area contributed by atoms with Gasteiger partial charge in [-0.25, -0.2) is 18.4 Å². The fourth-order valence-corrected chi connectivity index (χ4v) is 4.79. The number of aryl methyl sites for hydroxylation is 3. The highest BCUT2D eigenvalue weighted by molar-refractivity contribution is 7.91. The van der Waals surface area contributed by atoms with Crippen LogP contribution in [0.25, 0.3) is 0 Å². The number of rotatable bonds is 4. The highest BCUT2D eigenvalue weighted by Crippen LogP contribution is 2.18. The number of amides is 1. The summed E-state index contributed by atoms with van der Waals surface area (Å²) in [7, 11) is -2.99. The summed E-state index contributed by atoms with van der Waals surface area (Å²) in [5.74, 6) is 0.837. The smallest absolute Gasteiger partial charge is 0.274 e. The van der Waals surface area contributed by atoms with Gasteiger partial charge >= 0.3 is 0 Å². The number of nitrogens with one attached hydrogen (secondary N) is 2. The number of hydrogen-bond acceptors (Lipinski definition) is 6. The number of hydrogen-bond donors (Lipinski definition) is 2. The maximum absolute atomic E-state index is 12.6. The van der Waals surface area contributed by atoms with E-state index in [9.17, 15) is 13.2 Å². The molecule has 1 fully saturated rings. The van der Waals surface area contributed by atoms with Gasteiger partial charge in [0, 0.05) is 17.8 Å². The minimum atomic E-state index is -2.99. The first-order chi connectivity index (χ1) is 12.2. The molecule has 1 aromatic carbocycles. The van der Waals surface area contributed by atoms with Crippen molar-refractivity contribution in [2.75, 3.05) is 22.1 Å². The molecule has 1 amide bonds. The Morgan fingerprint density at radius 3 is 2.38 bits per heavy atom. The number of aromatic nitrogens is 2. The third-order valence-corrected chi connectivity index (χ3v) is 5.90. The summed E-state index contributed by atoms with van der Waals surface area (Å²) >= 11 is 0. The average molecular weight is 374 g/mol. The Labute approximate surface area is 153 Å². The molecule has 138 valence electrons. The van der Waals surface area contributed by atoms with Gasteiger partial charge in [-0.2, -0.15) is 0 Å². The van der Waals surface area contributed by atoms with Gasteiger partial charge in [0.2, 0.25) is 0 Å². The van der Waals surface area contributed by atoms with E-state index >= 15 is 0 Å². The van der Waals surface area contributed by atoms with E-state index in [-0.39, 0.29) is 29.1 Å². The summed E-state index contributed by atoms with van der Waals surface area (Å²) in [5, 5.41) is 5.95. The lowest BCUT2D eigenvalue weighted by Gasteiger charge is -2.13. The summed E-state index contributed by atoms with van der Waals surface area (Å²) in [6.07, 6.45) is 0.537. The minimum absolute atomic E-state index is 0.0835. The minimum Gasteiger partial charge on any atom is -0.366 e. The first-order valence-corrected chi connectivity index (χ1v) is 10.2. The molecular weight excluding hydrogens is 352 g/mol. The van der Waals surface area contributed by atoms with Gasteiger partial charge in [-0.15, -0.1) is 0 Å². The van der Waals surface area contributed by atoms with Crippen LogP contribution in [0.15, 0.2) is 24.3 Å². The normalized spacial score (nSPS) is 18.5. The highest BCUT2D eigenvalue weighted by atomic mass is 32.2. The average Bonchev–Trinajstić information content (AvgIpc) is 2.84. The van der Waals surface area contributed by atoms with E-state index in [0.717, 1.165) is 11.1 Å². The number of nitrogens with zero attached hydrogens (tertiary/aromatic N) is 2. The standard InChI is InChI=1S/C18H22N4O3S/c1-11-6-12(2)8-15(7-11)22-18(23)16-9-17(20-13(3)19-16)21-14-4-5-26(24,25)10-14/h6-9,14H,4-5,10H2,1-3H3,(H,22,23)(H,19,20,21). The van der Waals surface area contributed by atoms with Gasteiger partial charge < -0.3 is 10.6 Å². The number of sulfone groups is 1. The molecule has 0 aliphatic carbocycles. The summed E-state index contributed by atoms with van der Waals surface area (Å²) in [6.45, 7) is 5.63. The Bertz CT molecular complexity index is 937. The lowest BCUT2D eigenvalue weighted by molar-refractivity contribution is 0.102. The zero-order chi connectivity index (χ0) is 18.9. The van der Waals surface area contributed by atoms with Crippen molar-refractivity contribution in [1.29, 1.82) is 0 Å². The van der Waals surface area contributed by atoms with E-state index in [2.05, 4.69) is 20.6 Å². The number of benzene rings is 1. The Balaban J connectivity index is 1.77. The summed E-state index contributed by atoms with van der Waals surface area (Å²) in [4.78, 5) is 21.0. The zero-order valence-corrected chi connectivity index (χ0v) is 15.9. The third kappa shape index (κ3) is 4.57. The largest absolute Gasteiger partial charge is 0.366 e. The molecule has 0 bridgehead atoms. The number of carbonyl (C=O) groups is 1. The molecule has 1 saturated heterocycles. The van der Waals surface area contributed by atoms with Crippen LogP contribution in [-0.4, -0.2) is 41.8 Å². The van der Waals surface area contributed by atoms with E-state index in [0.29, 0.717) is 23.8 Å². The second kappa shape index (κ2) is 7.03. The second-order valence-corrected chi connectivity index (χ2v) is 8.99. The van der Waals surface area contributed by atoms with Gasteiger partial charge in [0.15, 0.2) is 9.84 Å². The topological polar surface area (TPSA) is 101 Å². The molecule has 1 aromatic heterocycles. The molecule has 1 aliphatic rings. The lowest BCUT2D eigenvalue weighted by atomic mass is 10.1. The Morgan fingerprint density at radius 1 is 1.08 bits per heavy atom. The molecule has 26 heavy (non-hydrogen) atoms. The second-order valence-electron chi connectivity index (χ2n) is 6.76. The molecular formula is C18H22N4O3S. The van der Waals surface area contributed by atoms with Crippen LogP contribution in [-0.2, 0) is 9.84 Å². The molecule has 3 rings (SSSR count). The zero-order valence-electron chi connectivity index (χ0n) is 15.0. The molecule has 7 nitrogen and oxygen atoms in total. The molecule has 0 spiro atoms. The van der Waals surface area contributed by atoms with Gasteiger partial charge in [-0.3, -0.25) is 4.79 Å². The van der Waals surface area contributed by atoms with Crippen LogP contribution >= 0.6 is 0 Å². The monoisotopic (exact) mass is 374 g/mol. The van der Waals surface area contributed by atoms with E-state index < -0.39 is 9.84 Å². The van der Waals surface area contributed by atoms with E-state index in [1.54, 1.807) is 13.0 Å². The first kappa shape index (κ1) is 18.3. The molecule has 0 saturated carbocycles. The summed E-state index contributed by atoms with van der Waals surface area (Å²) < 4.78 is 23.2. The molecule has 2 aromatic rings. The van der Waals surface area contributed by atoms with Crippen LogP contribution in [0.1, 0.15) is 33.9 Å². The van der Waals surface area contributed by atoms with Crippen molar-refractivity contribution in [3.05, 3.63) is 46.9 Å². The van der Waals surface area contributed by atoms with E-state index in [1.165, 1.54) is 0 Å². The predicted molar refractivity (Wildman–Crippen MR) is 101 cm³/mol. The van der Waals surface area contributed by atoms with Gasteiger partial charge in [0.1, 0.15) is 17.3 Å². The van der Waals surface area contributed by atoms with Crippen LogP contribution in [0.5, 0.6) is 0 Å².